The molecule has 1 aliphatic rings. The Balaban J connectivity index is 1.19. The van der Waals surface area contributed by atoms with Crippen molar-refractivity contribution in [1.82, 2.24) is 4.57 Å². The molecule has 1 atom stereocenters. The molecule has 7 aromatic carbocycles. The molecule has 2 N–H and O–H groups in total. The maximum absolute atomic E-state index is 3.82. The first-order chi connectivity index (χ1) is 24.3. The largest absolute Gasteiger partial charge is 0.363 e. The lowest BCUT2D eigenvalue weighted by Gasteiger charge is -2.26. The predicted molar refractivity (Wildman–Crippen MR) is 208 cm³/mol. The predicted octanol–water partition coefficient (Wildman–Crippen LogP) is 12.2. The standard InChI is InChI=1S/C45H36N4/c1-2-43-47-40-21-11-13-23-42(40)48(43)35-28-25-34(26-29-35)46-39-20-10-8-18-37(39)45-44(32-15-4-3-5-16-32)38-19-9-12-22-41(38)49(45)36-27-24-31-14-6-7-17-33(31)30-36/h3-30,43,46-47H,2H2,1H3. The minimum absolute atomic E-state index is 0.227. The third-order valence-electron chi connectivity index (χ3n) is 9.72. The SMILES string of the molecule is CCC1Nc2ccccc2N1c1ccc(Nc2ccccc2-c2c(-c3ccccc3)c3ccccc3n2-c2ccc3ccccc3c2)cc1. The van der Waals surface area contributed by atoms with Crippen LogP contribution in [0.1, 0.15) is 13.3 Å². The summed E-state index contributed by atoms with van der Waals surface area (Å²) >= 11 is 0. The van der Waals surface area contributed by atoms with Gasteiger partial charge in [-0.05, 0) is 83.4 Å². The van der Waals surface area contributed by atoms with Crippen molar-refractivity contribution in [2.24, 2.45) is 0 Å². The van der Waals surface area contributed by atoms with Gasteiger partial charge in [0, 0.05) is 39.3 Å². The lowest BCUT2D eigenvalue weighted by atomic mass is 9.97. The Morgan fingerprint density at radius 2 is 1.31 bits per heavy atom. The minimum Gasteiger partial charge on any atom is -0.363 e. The van der Waals surface area contributed by atoms with Gasteiger partial charge in [0.25, 0.3) is 0 Å². The van der Waals surface area contributed by atoms with Gasteiger partial charge in [-0.1, -0.05) is 116 Å². The van der Waals surface area contributed by atoms with E-state index in [1.54, 1.807) is 0 Å². The molecule has 0 saturated carbocycles. The van der Waals surface area contributed by atoms with Crippen LogP contribution in [0.5, 0.6) is 0 Å². The van der Waals surface area contributed by atoms with Crippen LogP contribution in [0.2, 0.25) is 0 Å². The fraction of sp³-hybridized carbons (Fsp3) is 0.0667. The van der Waals surface area contributed by atoms with Crippen LogP contribution in [0.4, 0.5) is 28.4 Å². The molecule has 49 heavy (non-hydrogen) atoms. The van der Waals surface area contributed by atoms with E-state index in [0.29, 0.717) is 0 Å². The molecular weight excluding hydrogens is 597 g/mol. The lowest BCUT2D eigenvalue weighted by Crippen LogP contribution is -2.30. The number of hydrogen-bond donors (Lipinski definition) is 2. The Morgan fingerprint density at radius 1 is 0.612 bits per heavy atom. The van der Waals surface area contributed by atoms with Gasteiger partial charge in [-0.25, -0.2) is 0 Å². The maximum atomic E-state index is 3.82. The molecule has 236 valence electrons. The van der Waals surface area contributed by atoms with Crippen molar-refractivity contribution in [2.45, 2.75) is 19.5 Å². The van der Waals surface area contributed by atoms with Gasteiger partial charge in [-0.3, -0.25) is 0 Å². The van der Waals surface area contributed by atoms with Gasteiger partial charge in [-0.2, -0.15) is 0 Å². The van der Waals surface area contributed by atoms with Crippen LogP contribution in [-0.4, -0.2) is 10.7 Å². The van der Waals surface area contributed by atoms with Crippen molar-refractivity contribution in [1.29, 1.82) is 0 Å². The van der Waals surface area contributed by atoms with Crippen LogP contribution in [-0.2, 0) is 0 Å². The van der Waals surface area contributed by atoms with Crippen LogP contribution in [0, 0.1) is 0 Å². The van der Waals surface area contributed by atoms with Gasteiger partial charge >= 0.3 is 0 Å². The van der Waals surface area contributed by atoms with Crippen molar-refractivity contribution < 1.29 is 0 Å². The molecule has 1 unspecified atom stereocenters. The fourth-order valence-corrected chi connectivity index (χ4v) is 7.46. The van der Waals surface area contributed by atoms with Crippen LogP contribution < -0.4 is 15.5 Å². The highest BCUT2D eigenvalue weighted by molar-refractivity contribution is 6.07. The highest BCUT2D eigenvalue weighted by Gasteiger charge is 2.28. The molecular formula is C45H36N4. The van der Waals surface area contributed by atoms with Crippen LogP contribution >= 0.6 is 0 Å². The van der Waals surface area contributed by atoms with Gasteiger partial charge in [0.05, 0.1) is 22.6 Å². The van der Waals surface area contributed by atoms with Gasteiger partial charge in [-0.15, -0.1) is 0 Å². The van der Waals surface area contributed by atoms with Crippen LogP contribution in [0.25, 0.3) is 49.7 Å². The smallest absolute Gasteiger partial charge is 0.104 e. The minimum atomic E-state index is 0.227. The number of nitrogens with zero attached hydrogens (tertiary/aromatic N) is 2. The zero-order valence-electron chi connectivity index (χ0n) is 27.3. The summed E-state index contributed by atoms with van der Waals surface area (Å²) in [7, 11) is 0. The molecule has 0 radical (unpaired) electrons. The molecule has 1 aliphatic heterocycles. The lowest BCUT2D eigenvalue weighted by molar-refractivity contribution is 0.728. The van der Waals surface area contributed by atoms with E-state index in [2.05, 4.69) is 197 Å². The van der Waals surface area contributed by atoms with Crippen molar-refractivity contribution in [3.8, 4) is 28.1 Å². The van der Waals surface area contributed by atoms with Gasteiger partial charge in [0.15, 0.2) is 0 Å². The van der Waals surface area contributed by atoms with Gasteiger partial charge in [0.2, 0.25) is 0 Å². The highest BCUT2D eigenvalue weighted by Crippen LogP contribution is 2.46. The number of para-hydroxylation sites is 4. The number of hydrogen-bond acceptors (Lipinski definition) is 3. The van der Waals surface area contributed by atoms with E-state index in [1.165, 1.54) is 49.9 Å². The molecule has 0 spiro atoms. The van der Waals surface area contributed by atoms with E-state index >= 15 is 0 Å². The number of fused-ring (bicyclic) bond motifs is 3. The first kappa shape index (κ1) is 28.9. The monoisotopic (exact) mass is 632 g/mol. The molecule has 0 amide bonds. The van der Waals surface area contributed by atoms with E-state index in [4.69, 9.17) is 0 Å². The van der Waals surface area contributed by atoms with Crippen molar-refractivity contribution in [3.05, 3.63) is 170 Å². The number of anilines is 5. The third-order valence-corrected chi connectivity index (χ3v) is 9.72. The molecule has 8 aromatic rings. The molecule has 1 aromatic heterocycles. The molecule has 4 heteroatoms. The summed E-state index contributed by atoms with van der Waals surface area (Å²) in [6, 6.07) is 61.0. The first-order valence-electron chi connectivity index (χ1n) is 17.1. The van der Waals surface area contributed by atoms with Crippen LogP contribution in [0.3, 0.4) is 0 Å². The molecule has 0 fully saturated rings. The summed E-state index contributed by atoms with van der Waals surface area (Å²) in [5.41, 5.74) is 12.7. The van der Waals surface area contributed by atoms with Gasteiger partial charge in [0.1, 0.15) is 6.17 Å². The number of benzene rings is 7. The summed E-state index contributed by atoms with van der Waals surface area (Å²) in [4.78, 5) is 2.40. The highest BCUT2D eigenvalue weighted by atomic mass is 15.3. The van der Waals surface area contributed by atoms with Crippen LogP contribution in [0.15, 0.2) is 170 Å². The van der Waals surface area contributed by atoms with E-state index < -0.39 is 0 Å². The Morgan fingerprint density at radius 3 is 2.16 bits per heavy atom. The van der Waals surface area contributed by atoms with Gasteiger partial charge < -0.3 is 20.1 Å². The number of rotatable bonds is 7. The summed E-state index contributed by atoms with van der Waals surface area (Å²) < 4.78 is 2.44. The molecule has 4 nitrogen and oxygen atoms in total. The Kier molecular flexibility index (Phi) is 7.13. The summed E-state index contributed by atoms with van der Waals surface area (Å²) in [6.45, 7) is 2.23. The Hall–Kier alpha value is -6.26. The zero-order chi connectivity index (χ0) is 32.7. The van der Waals surface area contributed by atoms with E-state index in [1.807, 2.05) is 0 Å². The van der Waals surface area contributed by atoms with Crippen molar-refractivity contribution >= 4 is 50.1 Å². The average molecular weight is 633 g/mol. The molecule has 9 rings (SSSR count). The van der Waals surface area contributed by atoms with E-state index in [0.717, 1.165) is 34.7 Å². The molecule has 2 heterocycles. The summed E-state index contributed by atoms with van der Waals surface area (Å²) in [5, 5.41) is 11.2. The Labute approximate surface area is 286 Å². The quantitative estimate of drug-likeness (QED) is 0.183. The molecule has 0 bridgehead atoms. The second-order valence-corrected chi connectivity index (χ2v) is 12.6. The van der Waals surface area contributed by atoms with Crippen molar-refractivity contribution in [3.63, 3.8) is 0 Å². The fourth-order valence-electron chi connectivity index (χ4n) is 7.46. The first-order valence-corrected chi connectivity index (χ1v) is 17.1. The number of aromatic nitrogens is 1. The normalized spacial score (nSPS) is 13.8. The average Bonchev–Trinajstić information content (AvgIpc) is 3.72. The molecule has 0 saturated heterocycles. The Bertz CT molecular complexity index is 2440. The second kappa shape index (κ2) is 12.1. The third kappa shape index (κ3) is 5.01. The maximum Gasteiger partial charge on any atom is 0.104 e. The number of nitrogens with one attached hydrogen (secondary N) is 2. The summed E-state index contributed by atoms with van der Waals surface area (Å²) in [5.74, 6) is 0. The van der Waals surface area contributed by atoms with Crippen molar-refractivity contribution in [2.75, 3.05) is 15.5 Å². The van der Waals surface area contributed by atoms with E-state index in [9.17, 15) is 0 Å². The topological polar surface area (TPSA) is 32.2 Å². The van der Waals surface area contributed by atoms with E-state index in [-0.39, 0.29) is 6.17 Å². The zero-order valence-corrected chi connectivity index (χ0v) is 27.3. The molecule has 0 aliphatic carbocycles. The summed E-state index contributed by atoms with van der Waals surface area (Å²) in [6.07, 6.45) is 1.22. The second-order valence-electron chi connectivity index (χ2n) is 12.6.